The fourth-order valence-corrected chi connectivity index (χ4v) is 2.32. The summed E-state index contributed by atoms with van der Waals surface area (Å²) in [4.78, 5) is 12.8. The molecule has 0 aliphatic carbocycles. The quantitative estimate of drug-likeness (QED) is 0.484. The Kier molecular flexibility index (Phi) is 4.11. The monoisotopic (exact) mass is 250 g/mol. The Bertz CT molecular complexity index is 430. The molecule has 6 nitrogen and oxygen atoms in total. The van der Waals surface area contributed by atoms with Gasteiger partial charge in [-0.2, -0.15) is 0 Å². The Balaban J connectivity index is 2.13. The van der Waals surface area contributed by atoms with E-state index in [-0.39, 0.29) is 5.69 Å². The lowest BCUT2D eigenvalue weighted by atomic mass is 10.1. The van der Waals surface area contributed by atoms with Crippen molar-refractivity contribution < 1.29 is 4.92 Å². The van der Waals surface area contributed by atoms with E-state index in [9.17, 15) is 10.1 Å². The molecule has 2 rings (SSSR count). The predicted molar refractivity (Wildman–Crippen MR) is 70.0 cm³/mol. The van der Waals surface area contributed by atoms with Gasteiger partial charge in [0.25, 0.3) is 5.69 Å². The third-order valence-corrected chi connectivity index (χ3v) is 3.27. The molecule has 1 fully saturated rings. The Hall–Kier alpha value is -1.66. The molecule has 1 aliphatic heterocycles. The molecule has 0 amide bonds. The van der Waals surface area contributed by atoms with Crippen LogP contribution in [0.1, 0.15) is 24.8 Å². The molecule has 1 heterocycles. The van der Waals surface area contributed by atoms with Crippen LogP contribution in [0.5, 0.6) is 0 Å². The molecule has 98 valence electrons. The van der Waals surface area contributed by atoms with Gasteiger partial charge >= 0.3 is 0 Å². The lowest BCUT2D eigenvalue weighted by molar-refractivity contribution is -0.384. The summed E-state index contributed by atoms with van der Waals surface area (Å²) >= 11 is 0. The van der Waals surface area contributed by atoms with Crippen molar-refractivity contribution in [2.24, 2.45) is 5.84 Å². The Morgan fingerprint density at radius 1 is 1.33 bits per heavy atom. The van der Waals surface area contributed by atoms with Crippen LogP contribution < -0.4 is 11.3 Å². The number of nitro groups is 1. The molecule has 3 N–H and O–H groups in total. The van der Waals surface area contributed by atoms with Crippen molar-refractivity contribution in [3.05, 3.63) is 33.9 Å². The molecule has 0 saturated carbocycles. The summed E-state index contributed by atoms with van der Waals surface area (Å²) < 4.78 is 0. The molecule has 0 spiro atoms. The summed E-state index contributed by atoms with van der Waals surface area (Å²) in [7, 11) is 0. The smallest absolute Gasteiger partial charge is 0.293 e. The molecule has 1 saturated heterocycles. The molecule has 0 aromatic heterocycles. The first-order valence-electron chi connectivity index (χ1n) is 6.17. The molecule has 6 heteroatoms. The van der Waals surface area contributed by atoms with Crippen molar-refractivity contribution in [3.8, 4) is 0 Å². The van der Waals surface area contributed by atoms with Crippen LogP contribution in [0.25, 0.3) is 0 Å². The molecule has 1 aliphatic rings. The minimum absolute atomic E-state index is 0.0343. The number of benzene rings is 1. The number of nitrogens with one attached hydrogen (secondary N) is 1. The largest absolute Gasteiger partial charge is 0.318 e. The van der Waals surface area contributed by atoms with Crippen LogP contribution in [0.4, 0.5) is 11.4 Å². The van der Waals surface area contributed by atoms with Gasteiger partial charge in [0.05, 0.1) is 4.92 Å². The van der Waals surface area contributed by atoms with E-state index in [2.05, 4.69) is 10.3 Å². The molecule has 0 atom stereocenters. The van der Waals surface area contributed by atoms with Gasteiger partial charge in [-0.1, -0.05) is 12.5 Å². The number of nitrogens with two attached hydrogens (primary N) is 1. The highest BCUT2D eigenvalue weighted by molar-refractivity contribution is 5.61. The average molecular weight is 250 g/mol. The maximum atomic E-state index is 10.9. The number of anilines is 1. The maximum absolute atomic E-state index is 10.9. The van der Waals surface area contributed by atoms with Crippen LogP contribution in [-0.2, 0) is 6.54 Å². The molecule has 0 bridgehead atoms. The van der Waals surface area contributed by atoms with E-state index in [0.29, 0.717) is 5.69 Å². The third-order valence-electron chi connectivity index (χ3n) is 3.27. The van der Waals surface area contributed by atoms with E-state index in [1.807, 2.05) is 6.07 Å². The molecule has 18 heavy (non-hydrogen) atoms. The van der Waals surface area contributed by atoms with Crippen molar-refractivity contribution in [3.63, 3.8) is 0 Å². The van der Waals surface area contributed by atoms with E-state index in [1.165, 1.54) is 19.3 Å². The fourth-order valence-electron chi connectivity index (χ4n) is 2.32. The molecule has 0 radical (unpaired) electrons. The Morgan fingerprint density at radius 2 is 2.06 bits per heavy atom. The molecule has 1 aromatic rings. The first kappa shape index (κ1) is 12.8. The van der Waals surface area contributed by atoms with E-state index in [0.717, 1.165) is 25.2 Å². The zero-order valence-corrected chi connectivity index (χ0v) is 10.3. The fraction of sp³-hybridized carbons (Fsp3) is 0.500. The second-order valence-corrected chi connectivity index (χ2v) is 4.59. The van der Waals surface area contributed by atoms with Gasteiger partial charge in [0.1, 0.15) is 5.69 Å². The van der Waals surface area contributed by atoms with Gasteiger partial charge in [-0.25, -0.2) is 0 Å². The highest BCUT2D eigenvalue weighted by Gasteiger charge is 2.16. The number of likely N-dealkylation sites (tertiary alicyclic amines) is 1. The minimum Gasteiger partial charge on any atom is -0.318 e. The lowest BCUT2D eigenvalue weighted by Crippen LogP contribution is -2.29. The molecule has 1 aromatic carbocycles. The Labute approximate surface area is 106 Å². The molecule has 0 unspecified atom stereocenters. The SMILES string of the molecule is NNc1ccc(CN2CCCCC2)cc1[N+](=O)[O-]. The van der Waals surface area contributed by atoms with E-state index < -0.39 is 4.92 Å². The standard InChI is InChI=1S/C12H18N4O2/c13-14-11-5-4-10(8-12(11)16(17)18)9-15-6-2-1-3-7-15/h4-5,8,14H,1-3,6-7,9,13H2. The van der Waals surface area contributed by atoms with Crippen molar-refractivity contribution in [2.75, 3.05) is 18.5 Å². The summed E-state index contributed by atoms with van der Waals surface area (Å²) in [5.41, 5.74) is 3.70. The number of nitro benzene ring substituents is 1. The van der Waals surface area contributed by atoms with Gasteiger partial charge in [0.15, 0.2) is 0 Å². The van der Waals surface area contributed by atoms with Crippen LogP contribution in [0.15, 0.2) is 18.2 Å². The van der Waals surface area contributed by atoms with Crippen molar-refractivity contribution in [1.82, 2.24) is 4.90 Å². The number of hydrazine groups is 1. The van der Waals surface area contributed by atoms with E-state index >= 15 is 0 Å². The highest BCUT2D eigenvalue weighted by atomic mass is 16.6. The number of piperidine rings is 1. The zero-order valence-electron chi connectivity index (χ0n) is 10.3. The maximum Gasteiger partial charge on any atom is 0.293 e. The van der Waals surface area contributed by atoms with Crippen molar-refractivity contribution in [1.29, 1.82) is 0 Å². The van der Waals surface area contributed by atoms with E-state index in [4.69, 9.17) is 5.84 Å². The average Bonchev–Trinajstić information content (AvgIpc) is 2.40. The first-order valence-corrected chi connectivity index (χ1v) is 6.17. The minimum atomic E-state index is -0.408. The van der Waals surface area contributed by atoms with Crippen LogP contribution in [0.2, 0.25) is 0 Å². The van der Waals surface area contributed by atoms with Gasteiger partial charge in [-0.15, -0.1) is 0 Å². The summed E-state index contributed by atoms with van der Waals surface area (Å²) in [5, 5.41) is 10.9. The summed E-state index contributed by atoms with van der Waals surface area (Å²) in [5.74, 6) is 5.26. The second-order valence-electron chi connectivity index (χ2n) is 4.59. The summed E-state index contributed by atoms with van der Waals surface area (Å²) in [6.07, 6.45) is 3.71. The number of rotatable bonds is 4. The van der Waals surface area contributed by atoms with Crippen LogP contribution in [0.3, 0.4) is 0 Å². The van der Waals surface area contributed by atoms with Gasteiger partial charge in [0.2, 0.25) is 0 Å². The van der Waals surface area contributed by atoms with Gasteiger partial charge in [0, 0.05) is 12.6 Å². The number of hydrogen-bond donors (Lipinski definition) is 2. The van der Waals surface area contributed by atoms with E-state index in [1.54, 1.807) is 12.1 Å². The summed E-state index contributed by atoms with van der Waals surface area (Å²) in [6.45, 7) is 2.92. The lowest BCUT2D eigenvalue weighted by Gasteiger charge is -2.26. The first-order chi connectivity index (χ1) is 8.70. The highest BCUT2D eigenvalue weighted by Crippen LogP contribution is 2.25. The Morgan fingerprint density at radius 3 is 2.67 bits per heavy atom. The van der Waals surface area contributed by atoms with Gasteiger partial charge < -0.3 is 5.43 Å². The van der Waals surface area contributed by atoms with Crippen LogP contribution >= 0.6 is 0 Å². The predicted octanol–water partition coefficient (Wildman–Crippen LogP) is 1.87. The van der Waals surface area contributed by atoms with Gasteiger partial charge in [-0.3, -0.25) is 20.9 Å². The second kappa shape index (κ2) is 5.79. The number of nitrogens with zero attached hydrogens (tertiary/aromatic N) is 2. The molecular formula is C12H18N4O2. The normalized spacial score (nSPS) is 16.5. The topological polar surface area (TPSA) is 84.4 Å². The number of nitrogen functional groups attached to an aromatic ring is 1. The molecular weight excluding hydrogens is 232 g/mol. The van der Waals surface area contributed by atoms with Gasteiger partial charge in [-0.05, 0) is 37.6 Å². The zero-order chi connectivity index (χ0) is 13.0. The third kappa shape index (κ3) is 2.96. The number of hydrogen-bond acceptors (Lipinski definition) is 5. The summed E-state index contributed by atoms with van der Waals surface area (Å²) in [6, 6.07) is 5.15. The van der Waals surface area contributed by atoms with Crippen molar-refractivity contribution in [2.45, 2.75) is 25.8 Å². The van der Waals surface area contributed by atoms with Crippen LogP contribution in [-0.4, -0.2) is 22.9 Å². The van der Waals surface area contributed by atoms with Crippen LogP contribution in [0, 0.1) is 10.1 Å². The van der Waals surface area contributed by atoms with Crippen molar-refractivity contribution >= 4 is 11.4 Å².